The number of hydrogen-bond acceptors (Lipinski definition) is 1. The van der Waals surface area contributed by atoms with Gasteiger partial charge in [0.1, 0.15) is 0 Å². The molecule has 0 amide bonds. The molecule has 1 fully saturated rings. The molecule has 0 bridgehead atoms. The lowest BCUT2D eigenvalue weighted by atomic mass is 9.93. The van der Waals surface area contributed by atoms with E-state index >= 15 is 0 Å². The number of nitrogens with zero attached hydrogens (tertiary/aromatic N) is 1. The first-order valence-electron chi connectivity index (χ1n) is 5.04. The fraction of sp³-hybridized carbons (Fsp3) is 1.00. The highest BCUT2D eigenvalue weighted by Gasteiger charge is 2.27. The molecule has 0 radical (unpaired) electrons. The Morgan fingerprint density at radius 2 is 2.00 bits per heavy atom. The van der Waals surface area contributed by atoms with Crippen molar-refractivity contribution in [2.24, 2.45) is 5.92 Å². The van der Waals surface area contributed by atoms with Gasteiger partial charge in [-0.3, -0.25) is 4.39 Å². The zero-order valence-corrected chi connectivity index (χ0v) is 8.22. The first kappa shape index (κ1) is 9.97. The van der Waals surface area contributed by atoms with Crippen molar-refractivity contribution in [2.75, 3.05) is 19.8 Å². The quantitative estimate of drug-likeness (QED) is 0.577. The number of alkyl halides is 1. The van der Waals surface area contributed by atoms with E-state index in [1.54, 1.807) is 0 Å². The minimum absolute atomic E-state index is 0.138. The van der Waals surface area contributed by atoms with Crippen LogP contribution in [0.25, 0.3) is 0 Å². The van der Waals surface area contributed by atoms with Crippen molar-refractivity contribution in [2.45, 2.75) is 39.2 Å². The largest absolute Gasteiger partial charge is 0.300 e. The summed E-state index contributed by atoms with van der Waals surface area (Å²) in [7, 11) is 0. The fourth-order valence-corrected chi connectivity index (χ4v) is 1.74. The first-order valence-corrected chi connectivity index (χ1v) is 5.04. The molecule has 0 aliphatic carbocycles. The molecule has 0 aromatic heterocycles. The molecular weight excluding hydrogens is 153 g/mol. The van der Waals surface area contributed by atoms with Gasteiger partial charge in [0, 0.05) is 19.1 Å². The molecule has 0 atom stereocenters. The van der Waals surface area contributed by atoms with Gasteiger partial charge in [-0.1, -0.05) is 6.42 Å². The highest BCUT2D eigenvalue weighted by molar-refractivity contribution is 4.81. The summed E-state index contributed by atoms with van der Waals surface area (Å²) in [6.45, 7) is 6.81. The predicted octanol–water partition coefficient (Wildman–Crippen LogP) is 2.47. The minimum atomic E-state index is -0.138. The van der Waals surface area contributed by atoms with Crippen LogP contribution in [0.2, 0.25) is 0 Å². The Morgan fingerprint density at radius 1 is 1.33 bits per heavy atom. The van der Waals surface area contributed by atoms with Gasteiger partial charge < -0.3 is 4.90 Å². The molecule has 0 aromatic rings. The molecule has 1 nitrogen and oxygen atoms in total. The lowest BCUT2D eigenvalue weighted by molar-refractivity contribution is 0.0610. The van der Waals surface area contributed by atoms with E-state index in [-0.39, 0.29) is 6.67 Å². The van der Waals surface area contributed by atoms with Gasteiger partial charge in [-0.25, -0.2) is 0 Å². The third-order valence-corrected chi connectivity index (χ3v) is 2.71. The number of likely N-dealkylation sites (tertiary alicyclic amines) is 1. The van der Waals surface area contributed by atoms with Gasteiger partial charge >= 0.3 is 0 Å². The van der Waals surface area contributed by atoms with E-state index in [9.17, 15) is 4.39 Å². The summed E-state index contributed by atoms with van der Waals surface area (Å²) >= 11 is 0. The van der Waals surface area contributed by atoms with E-state index in [2.05, 4.69) is 18.7 Å². The smallest absolute Gasteiger partial charge is 0.0894 e. The van der Waals surface area contributed by atoms with Crippen LogP contribution < -0.4 is 0 Å². The molecule has 1 aliphatic rings. The molecule has 1 aliphatic heterocycles. The second-order valence-electron chi connectivity index (χ2n) is 4.10. The molecular formula is C10H20FN. The zero-order chi connectivity index (χ0) is 8.97. The standard InChI is InChI=1S/C10H20FN/c1-9(2)12-7-10(8-12)5-3-4-6-11/h9-10H,3-8H2,1-2H3. The average molecular weight is 173 g/mol. The van der Waals surface area contributed by atoms with Crippen LogP contribution in [0.4, 0.5) is 4.39 Å². The molecule has 2 heteroatoms. The van der Waals surface area contributed by atoms with Gasteiger partial charge in [0.15, 0.2) is 0 Å². The van der Waals surface area contributed by atoms with Gasteiger partial charge in [-0.2, -0.15) is 0 Å². The third kappa shape index (κ3) is 2.74. The minimum Gasteiger partial charge on any atom is -0.300 e. The summed E-state index contributed by atoms with van der Waals surface area (Å²) < 4.78 is 11.8. The Hall–Kier alpha value is -0.110. The molecule has 0 unspecified atom stereocenters. The van der Waals surface area contributed by atoms with Crippen molar-refractivity contribution in [3.05, 3.63) is 0 Å². The third-order valence-electron chi connectivity index (χ3n) is 2.71. The fourth-order valence-electron chi connectivity index (χ4n) is 1.74. The Labute approximate surface area is 74.9 Å². The molecule has 72 valence electrons. The van der Waals surface area contributed by atoms with Crippen LogP contribution in [0.15, 0.2) is 0 Å². The SMILES string of the molecule is CC(C)N1CC(CCCCF)C1. The summed E-state index contributed by atoms with van der Waals surface area (Å²) in [6.07, 6.45) is 3.07. The van der Waals surface area contributed by atoms with Crippen LogP contribution in [-0.2, 0) is 0 Å². The van der Waals surface area contributed by atoms with Crippen molar-refractivity contribution in [1.82, 2.24) is 4.90 Å². The van der Waals surface area contributed by atoms with Gasteiger partial charge in [-0.15, -0.1) is 0 Å². The maximum Gasteiger partial charge on any atom is 0.0894 e. The summed E-state index contributed by atoms with van der Waals surface area (Å²) in [5, 5.41) is 0. The first-order chi connectivity index (χ1) is 5.74. The molecule has 0 spiro atoms. The van der Waals surface area contributed by atoms with Gasteiger partial charge in [-0.05, 0) is 32.6 Å². The van der Waals surface area contributed by atoms with Crippen molar-refractivity contribution in [3.63, 3.8) is 0 Å². The van der Waals surface area contributed by atoms with Crippen molar-refractivity contribution in [3.8, 4) is 0 Å². The van der Waals surface area contributed by atoms with E-state index in [4.69, 9.17) is 0 Å². The Bertz CT molecular complexity index is 119. The van der Waals surface area contributed by atoms with Crippen LogP contribution in [0.1, 0.15) is 33.1 Å². The Morgan fingerprint density at radius 3 is 2.50 bits per heavy atom. The summed E-state index contributed by atoms with van der Waals surface area (Å²) in [5.41, 5.74) is 0. The van der Waals surface area contributed by atoms with Crippen LogP contribution in [0.5, 0.6) is 0 Å². The predicted molar refractivity (Wildman–Crippen MR) is 50.0 cm³/mol. The molecule has 12 heavy (non-hydrogen) atoms. The van der Waals surface area contributed by atoms with Crippen LogP contribution in [0, 0.1) is 5.92 Å². The molecule has 0 N–H and O–H groups in total. The number of hydrogen-bond donors (Lipinski definition) is 0. The van der Waals surface area contributed by atoms with Crippen molar-refractivity contribution in [1.29, 1.82) is 0 Å². The van der Waals surface area contributed by atoms with E-state index < -0.39 is 0 Å². The van der Waals surface area contributed by atoms with Crippen molar-refractivity contribution < 1.29 is 4.39 Å². The maximum absolute atomic E-state index is 11.8. The van der Waals surface area contributed by atoms with Crippen LogP contribution in [-0.4, -0.2) is 30.7 Å². The Balaban J connectivity index is 1.95. The van der Waals surface area contributed by atoms with E-state index in [0.717, 1.165) is 18.8 Å². The molecule has 1 heterocycles. The highest BCUT2D eigenvalue weighted by atomic mass is 19.1. The maximum atomic E-state index is 11.8. The second-order valence-corrected chi connectivity index (χ2v) is 4.10. The van der Waals surface area contributed by atoms with Crippen LogP contribution in [0.3, 0.4) is 0 Å². The number of halogens is 1. The summed E-state index contributed by atoms with van der Waals surface area (Å²) in [6, 6.07) is 0.697. The van der Waals surface area contributed by atoms with E-state index in [0.29, 0.717) is 6.04 Å². The van der Waals surface area contributed by atoms with Crippen molar-refractivity contribution >= 4 is 0 Å². The molecule has 1 saturated heterocycles. The van der Waals surface area contributed by atoms with E-state index in [1.165, 1.54) is 19.5 Å². The lowest BCUT2D eigenvalue weighted by Gasteiger charge is -2.42. The summed E-state index contributed by atoms with van der Waals surface area (Å²) in [4.78, 5) is 2.47. The number of rotatable bonds is 5. The highest BCUT2D eigenvalue weighted by Crippen LogP contribution is 2.22. The average Bonchev–Trinajstić information content (AvgIpc) is 1.93. The second kappa shape index (κ2) is 4.80. The van der Waals surface area contributed by atoms with Gasteiger partial charge in [0.05, 0.1) is 6.67 Å². The zero-order valence-electron chi connectivity index (χ0n) is 8.22. The molecule has 0 aromatic carbocycles. The molecule has 1 rings (SSSR count). The number of unbranched alkanes of at least 4 members (excludes halogenated alkanes) is 1. The topological polar surface area (TPSA) is 3.24 Å². The normalized spacial score (nSPS) is 20.0. The molecule has 0 saturated carbocycles. The Kier molecular flexibility index (Phi) is 3.99. The monoisotopic (exact) mass is 173 g/mol. The van der Waals surface area contributed by atoms with E-state index in [1.807, 2.05) is 0 Å². The van der Waals surface area contributed by atoms with Gasteiger partial charge in [0.2, 0.25) is 0 Å². The van der Waals surface area contributed by atoms with Gasteiger partial charge in [0.25, 0.3) is 0 Å². The van der Waals surface area contributed by atoms with Crippen LogP contribution >= 0.6 is 0 Å². The lowest BCUT2D eigenvalue weighted by Crippen LogP contribution is -2.49. The summed E-state index contributed by atoms with van der Waals surface area (Å²) in [5.74, 6) is 0.860.